The molecule has 0 amide bonds. The summed E-state index contributed by atoms with van der Waals surface area (Å²) in [6.07, 6.45) is 0.616. The van der Waals surface area contributed by atoms with E-state index >= 15 is 0 Å². The summed E-state index contributed by atoms with van der Waals surface area (Å²) < 4.78 is 1.67. The lowest BCUT2D eigenvalue weighted by Crippen LogP contribution is -2.26. The molecule has 0 saturated heterocycles. The molecule has 3 nitrogen and oxygen atoms in total. The summed E-state index contributed by atoms with van der Waals surface area (Å²) in [5, 5.41) is 0. The van der Waals surface area contributed by atoms with Gasteiger partial charge >= 0.3 is 0 Å². The third-order valence-electron chi connectivity index (χ3n) is 3.59. The van der Waals surface area contributed by atoms with Crippen LogP contribution in [0.3, 0.4) is 0 Å². The number of aromatic nitrogens is 1. The summed E-state index contributed by atoms with van der Waals surface area (Å²) in [6, 6.07) is 9.57. The molecule has 0 unspecified atom stereocenters. The lowest BCUT2D eigenvalue weighted by molar-refractivity contribution is 0.112. The quantitative estimate of drug-likeness (QED) is 0.800. The van der Waals surface area contributed by atoms with E-state index < -0.39 is 0 Å². The van der Waals surface area contributed by atoms with Crippen LogP contribution in [0.5, 0.6) is 0 Å². The lowest BCUT2D eigenvalue weighted by atomic mass is 10.0. The Kier molecular flexibility index (Phi) is 3.89. The fourth-order valence-corrected chi connectivity index (χ4v) is 2.31. The van der Waals surface area contributed by atoms with Gasteiger partial charge in [0, 0.05) is 6.04 Å². The molecule has 0 saturated carbocycles. The van der Waals surface area contributed by atoms with Crippen molar-refractivity contribution in [1.82, 2.24) is 4.57 Å². The molecule has 0 N–H and O–H groups in total. The molecule has 1 aromatic carbocycles. The zero-order chi connectivity index (χ0) is 14.9. The SMILES string of the molecule is Cc1ccc(-c2ccc(C=O)c(=O)n2C(C)C)cc1C. The Labute approximate surface area is 118 Å². The molecule has 1 heterocycles. The van der Waals surface area contributed by atoms with Crippen LogP contribution in [0.15, 0.2) is 35.1 Å². The van der Waals surface area contributed by atoms with E-state index in [0.29, 0.717) is 6.29 Å². The van der Waals surface area contributed by atoms with Crippen LogP contribution in [-0.4, -0.2) is 10.9 Å². The first-order valence-electron chi connectivity index (χ1n) is 6.74. The zero-order valence-corrected chi connectivity index (χ0v) is 12.3. The minimum Gasteiger partial charge on any atom is -0.305 e. The molecule has 0 radical (unpaired) electrons. The zero-order valence-electron chi connectivity index (χ0n) is 12.3. The molecule has 0 aliphatic carbocycles. The molecule has 0 aliphatic heterocycles. The van der Waals surface area contributed by atoms with E-state index in [-0.39, 0.29) is 17.2 Å². The van der Waals surface area contributed by atoms with Gasteiger partial charge in [-0.05, 0) is 62.6 Å². The van der Waals surface area contributed by atoms with Crippen molar-refractivity contribution in [3.63, 3.8) is 0 Å². The average molecular weight is 269 g/mol. The van der Waals surface area contributed by atoms with Crippen molar-refractivity contribution in [2.24, 2.45) is 0 Å². The van der Waals surface area contributed by atoms with E-state index in [9.17, 15) is 9.59 Å². The first kappa shape index (κ1) is 14.3. The third-order valence-corrected chi connectivity index (χ3v) is 3.59. The van der Waals surface area contributed by atoms with Crippen molar-refractivity contribution >= 4 is 6.29 Å². The monoisotopic (exact) mass is 269 g/mol. The van der Waals surface area contributed by atoms with Crippen LogP contribution in [0.2, 0.25) is 0 Å². The molecule has 3 heteroatoms. The van der Waals surface area contributed by atoms with Crippen molar-refractivity contribution in [1.29, 1.82) is 0 Å². The molecule has 0 atom stereocenters. The molecule has 0 spiro atoms. The van der Waals surface area contributed by atoms with E-state index in [1.165, 1.54) is 11.1 Å². The second kappa shape index (κ2) is 5.45. The van der Waals surface area contributed by atoms with Crippen molar-refractivity contribution in [2.45, 2.75) is 33.7 Å². The molecule has 20 heavy (non-hydrogen) atoms. The van der Waals surface area contributed by atoms with Gasteiger partial charge in [0.05, 0.1) is 11.3 Å². The summed E-state index contributed by atoms with van der Waals surface area (Å²) in [5.74, 6) is 0. The largest absolute Gasteiger partial charge is 0.305 e. The fourth-order valence-electron chi connectivity index (χ4n) is 2.31. The molecule has 0 fully saturated rings. The Bertz CT molecular complexity index is 711. The van der Waals surface area contributed by atoms with Crippen LogP contribution in [-0.2, 0) is 0 Å². The van der Waals surface area contributed by atoms with Crippen LogP contribution in [0.25, 0.3) is 11.3 Å². The van der Waals surface area contributed by atoms with Gasteiger partial charge in [-0.3, -0.25) is 9.59 Å². The maximum Gasteiger partial charge on any atom is 0.261 e. The lowest BCUT2D eigenvalue weighted by Gasteiger charge is -2.17. The van der Waals surface area contributed by atoms with Gasteiger partial charge in [-0.25, -0.2) is 0 Å². The number of nitrogens with zero attached hydrogens (tertiary/aromatic N) is 1. The fraction of sp³-hybridized carbons (Fsp3) is 0.294. The molecular formula is C17H19NO2. The summed E-state index contributed by atoms with van der Waals surface area (Å²) in [5.41, 5.74) is 4.22. The van der Waals surface area contributed by atoms with Gasteiger partial charge in [-0.15, -0.1) is 0 Å². The maximum absolute atomic E-state index is 12.3. The number of rotatable bonds is 3. The summed E-state index contributed by atoms with van der Waals surface area (Å²) >= 11 is 0. The second-order valence-electron chi connectivity index (χ2n) is 5.36. The number of carbonyl (C=O) groups is 1. The molecule has 0 aliphatic rings. The van der Waals surface area contributed by atoms with Crippen LogP contribution >= 0.6 is 0 Å². The van der Waals surface area contributed by atoms with E-state index in [2.05, 4.69) is 19.9 Å². The van der Waals surface area contributed by atoms with Crippen LogP contribution in [0.1, 0.15) is 41.4 Å². The van der Waals surface area contributed by atoms with Crippen molar-refractivity contribution < 1.29 is 4.79 Å². The van der Waals surface area contributed by atoms with Gasteiger partial charge in [-0.1, -0.05) is 12.1 Å². The van der Waals surface area contributed by atoms with Crippen molar-refractivity contribution in [2.75, 3.05) is 0 Å². The average Bonchev–Trinajstić information content (AvgIpc) is 2.41. The van der Waals surface area contributed by atoms with E-state index in [1.54, 1.807) is 10.6 Å². The van der Waals surface area contributed by atoms with Gasteiger partial charge in [0.1, 0.15) is 0 Å². The van der Waals surface area contributed by atoms with Crippen molar-refractivity contribution in [3.8, 4) is 11.3 Å². The Balaban J connectivity index is 2.73. The number of hydrogen-bond acceptors (Lipinski definition) is 2. The Morgan fingerprint density at radius 2 is 1.75 bits per heavy atom. The van der Waals surface area contributed by atoms with E-state index in [4.69, 9.17) is 0 Å². The number of pyridine rings is 1. The number of benzene rings is 1. The molecular weight excluding hydrogens is 250 g/mol. The topological polar surface area (TPSA) is 39.1 Å². The second-order valence-corrected chi connectivity index (χ2v) is 5.36. The van der Waals surface area contributed by atoms with Gasteiger partial charge in [0.2, 0.25) is 0 Å². The summed E-state index contributed by atoms with van der Waals surface area (Å²) in [4.78, 5) is 23.3. The van der Waals surface area contributed by atoms with Crippen LogP contribution < -0.4 is 5.56 Å². The minimum atomic E-state index is -0.231. The van der Waals surface area contributed by atoms with Gasteiger partial charge in [0.25, 0.3) is 5.56 Å². The third kappa shape index (κ3) is 2.44. The van der Waals surface area contributed by atoms with Crippen LogP contribution in [0.4, 0.5) is 0 Å². The summed E-state index contributed by atoms with van der Waals surface area (Å²) in [7, 11) is 0. The molecule has 104 valence electrons. The van der Waals surface area contributed by atoms with Gasteiger partial charge < -0.3 is 4.57 Å². The predicted molar refractivity (Wildman–Crippen MR) is 81.4 cm³/mol. The van der Waals surface area contributed by atoms with Gasteiger partial charge in [0.15, 0.2) is 6.29 Å². The Morgan fingerprint density at radius 3 is 2.30 bits per heavy atom. The minimum absolute atomic E-state index is 0.000917. The number of aldehydes is 1. The highest BCUT2D eigenvalue weighted by molar-refractivity contribution is 5.75. The van der Waals surface area contributed by atoms with E-state index in [1.807, 2.05) is 32.0 Å². The number of aryl methyl sites for hydroxylation is 2. The molecule has 2 rings (SSSR count). The Hall–Kier alpha value is -2.16. The van der Waals surface area contributed by atoms with Crippen LogP contribution in [0, 0.1) is 13.8 Å². The highest BCUT2D eigenvalue weighted by atomic mass is 16.1. The molecule has 0 bridgehead atoms. The van der Waals surface area contributed by atoms with E-state index in [0.717, 1.165) is 11.3 Å². The predicted octanol–water partition coefficient (Wildman–Crippen LogP) is 3.53. The Morgan fingerprint density at radius 1 is 1.05 bits per heavy atom. The summed E-state index contributed by atoms with van der Waals surface area (Å²) in [6.45, 7) is 8.00. The normalized spacial score (nSPS) is 10.8. The first-order valence-corrected chi connectivity index (χ1v) is 6.74. The van der Waals surface area contributed by atoms with Gasteiger partial charge in [-0.2, -0.15) is 0 Å². The number of carbonyl (C=O) groups excluding carboxylic acids is 1. The standard InChI is InChI=1S/C17H19NO2/c1-11(2)18-16(8-7-15(10-19)17(18)20)14-6-5-12(3)13(4)9-14/h5-11H,1-4H3. The highest BCUT2D eigenvalue weighted by Gasteiger charge is 2.13. The number of hydrogen-bond donors (Lipinski definition) is 0. The van der Waals surface area contributed by atoms with Crippen molar-refractivity contribution in [3.05, 3.63) is 57.4 Å². The maximum atomic E-state index is 12.3. The first-order chi connectivity index (χ1) is 9.45. The molecule has 1 aromatic heterocycles. The molecule has 2 aromatic rings. The highest BCUT2D eigenvalue weighted by Crippen LogP contribution is 2.23. The smallest absolute Gasteiger partial charge is 0.261 e.